The van der Waals surface area contributed by atoms with Gasteiger partial charge in [0.15, 0.2) is 0 Å². The highest BCUT2D eigenvalue weighted by Gasteiger charge is 2.25. The van der Waals surface area contributed by atoms with Crippen LogP contribution in [0.3, 0.4) is 0 Å². The van der Waals surface area contributed by atoms with Gasteiger partial charge in [0.05, 0.1) is 5.75 Å². The van der Waals surface area contributed by atoms with Crippen LogP contribution in [-0.4, -0.2) is 35.1 Å². The molecule has 0 aromatic heterocycles. The molecule has 0 bridgehead atoms. The predicted octanol–water partition coefficient (Wildman–Crippen LogP) is 5.16. The Morgan fingerprint density at radius 2 is 1.73 bits per heavy atom. The van der Waals surface area contributed by atoms with Crippen LogP contribution in [0.25, 0.3) is 0 Å². The van der Waals surface area contributed by atoms with Crippen LogP contribution in [0.2, 0.25) is 0 Å². The Labute approximate surface area is 190 Å². The van der Waals surface area contributed by atoms with E-state index in [2.05, 4.69) is 28.2 Å². The van der Waals surface area contributed by atoms with Gasteiger partial charge in [0.2, 0.25) is 11.8 Å². The lowest BCUT2D eigenvalue weighted by molar-refractivity contribution is -0.138. The van der Waals surface area contributed by atoms with Crippen molar-refractivity contribution in [2.75, 3.05) is 12.3 Å². The number of nitrogens with one attached hydrogen (secondary N) is 1. The lowest BCUT2D eigenvalue weighted by Crippen LogP contribution is -2.48. The minimum absolute atomic E-state index is 0.112. The zero-order chi connectivity index (χ0) is 21.9. The van der Waals surface area contributed by atoms with Crippen molar-refractivity contribution in [1.82, 2.24) is 10.2 Å². The molecule has 1 atom stereocenters. The Hall–Kier alpha value is -1.86. The van der Waals surface area contributed by atoms with Gasteiger partial charge in [-0.3, -0.25) is 9.59 Å². The van der Waals surface area contributed by atoms with E-state index in [1.807, 2.05) is 24.3 Å². The number of thioether (sulfide) groups is 1. The van der Waals surface area contributed by atoms with E-state index in [-0.39, 0.29) is 29.9 Å². The fourth-order valence-corrected chi connectivity index (χ4v) is 3.96. The minimum atomic E-state index is -0.604. The number of hydrogen-bond acceptors (Lipinski definition) is 3. The second-order valence-corrected chi connectivity index (χ2v) is 8.99. The van der Waals surface area contributed by atoms with Gasteiger partial charge in [0.1, 0.15) is 11.9 Å². The van der Waals surface area contributed by atoms with E-state index in [9.17, 15) is 14.0 Å². The largest absolute Gasteiger partial charge is 0.354 e. The fourth-order valence-electron chi connectivity index (χ4n) is 2.82. The van der Waals surface area contributed by atoms with E-state index in [1.54, 1.807) is 24.0 Å². The van der Waals surface area contributed by atoms with Crippen LogP contribution in [-0.2, 0) is 21.9 Å². The first-order chi connectivity index (χ1) is 14.4. The summed E-state index contributed by atoms with van der Waals surface area (Å²) in [6.45, 7) is 4.65. The molecule has 0 heterocycles. The molecule has 2 rings (SSSR count). The van der Waals surface area contributed by atoms with Crippen LogP contribution < -0.4 is 5.32 Å². The lowest BCUT2D eigenvalue weighted by atomic mass is 10.1. The second kappa shape index (κ2) is 12.7. The SMILES string of the molecule is CCCCNC(=O)[C@@H](C)N(Cc1ccc(F)cc1)C(=O)CSCc1ccc(Br)cc1. The normalized spacial score (nSPS) is 11.7. The van der Waals surface area contributed by atoms with Crippen LogP contribution in [0.5, 0.6) is 0 Å². The fraction of sp³-hybridized carbons (Fsp3) is 0.391. The van der Waals surface area contributed by atoms with Gasteiger partial charge in [-0.05, 0) is 48.7 Å². The molecule has 0 radical (unpaired) electrons. The molecule has 0 fully saturated rings. The quantitative estimate of drug-likeness (QED) is 0.439. The van der Waals surface area contributed by atoms with Crippen molar-refractivity contribution in [2.24, 2.45) is 0 Å². The number of unbranched alkanes of at least 4 members (excludes halogenated alkanes) is 1. The summed E-state index contributed by atoms with van der Waals surface area (Å²) in [7, 11) is 0. The van der Waals surface area contributed by atoms with E-state index in [4.69, 9.17) is 0 Å². The molecule has 0 aliphatic carbocycles. The van der Waals surface area contributed by atoms with Crippen molar-refractivity contribution < 1.29 is 14.0 Å². The molecule has 0 unspecified atom stereocenters. The topological polar surface area (TPSA) is 49.4 Å². The van der Waals surface area contributed by atoms with Crippen LogP contribution in [0, 0.1) is 5.82 Å². The van der Waals surface area contributed by atoms with Crippen molar-refractivity contribution in [2.45, 2.75) is 45.0 Å². The van der Waals surface area contributed by atoms with E-state index in [0.29, 0.717) is 12.3 Å². The highest BCUT2D eigenvalue weighted by molar-refractivity contribution is 9.10. The van der Waals surface area contributed by atoms with Crippen LogP contribution >= 0.6 is 27.7 Å². The Balaban J connectivity index is 2.02. The Kier molecular flexibility index (Phi) is 10.4. The van der Waals surface area contributed by atoms with Gasteiger partial charge in [-0.15, -0.1) is 11.8 Å². The Morgan fingerprint density at radius 3 is 2.37 bits per heavy atom. The van der Waals surface area contributed by atoms with Gasteiger partial charge in [-0.1, -0.05) is 53.5 Å². The molecule has 7 heteroatoms. The number of benzene rings is 2. The Bertz CT molecular complexity index is 815. The van der Waals surface area contributed by atoms with Crippen molar-refractivity contribution in [1.29, 1.82) is 0 Å². The van der Waals surface area contributed by atoms with Crippen LogP contribution in [0.1, 0.15) is 37.8 Å². The minimum Gasteiger partial charge on any atom is -0.354 e. The zero-order valence-corrected chi connectivity index (χ0v) is 19.8. The zero-order valence-electron chi connectivity index (χ0n) is 17.4. The molecule has 0 aliphatic rings. The number of carbonyl (C=O) groups excluding carboxylic acids is 2. The first kappa shape index (κ1) is 24.4. The molecule has 2 amide bonds. The second-order valence-electron chi connectivity index (χ2n) is 7.09. The molecule has 2 aromatic carbocycles. The van der Waals surface area contributed by atoms with E-state index in [1.165, 1.54) is 23.9 Å². The molecular formula is C23H28BrFN2O2S. The van der Waals surface area contributed by atoms with Crippen molar-refractivity contribution in [3.05, 3.63) is 69.9 Å². The van der Waals surface area contributed by atoms with Crippen LogP contribution in [0.4, 0.5) is 4.39 Å². The predicted molar refractivity (Wildman–Crippen MR) is 125 cm³/mol. The van der Waals surface area contributed by atoms with E-state index >= 15 is 0 Å². The summed E-state index contributed by atoms with van der Waals surface area (Å²) in [5, 5.41) is 2.90. The maximum absolute atomic E-state index is 13.2. The first-order valence-electron chi connectivity index (χ1n) is 10.0. The smallest absolute Gasteiger partial charge is 0.242 e. The highest BCUT2D eigenvalue weighted by Crippen LogP contribution is 2.18. The number of amides is 2. The molecular weight excluding hydrogens is 467 g/mol. The molecule has 0 saturated heterocycles. The molecule has 0 aliphatic heterocycles. The summed E-state index contributed by atoms with van der Waals surface area (Å²) in [5.74, 6) is 0.369. The molecule has 0 spiro atoms. The standard InChI is InChI=1S/C23H28BrFN2O2S/c1-3-4-13-26-23(29)17(2)27(14-18-7-11-21(25)12-8-18)22(28)16-30-15-19-5-9-20(24)10-6-19/h5-12,17H,3-4,13-16H2,1-2H3,(H,26,29)/t17-/m1/s1. The van der Waals surface area contributed by atoms with Crippen molar-refractivity contribution in [3.8, 4) is 0 Å². The maximum atomic E-state index is 13.2. The lowest BCUT2D eigenvalue weighted by Gasteiger charge is -2.28. The summed E-state index contributed by atoms with van der Waals surface area (Å²) >= 11 is 4.93. The van der Waals surface area contributed by atoms with Gasteiger partial charge in [0, 0.05) is 23.3 Å². The number of hydrogen-bond donors (Lipinski definition) is 1. The highest BCUT2D eigenvalue weighted by atomic mass is 79.9. The summed E-state index contributed by atoms with van der Waals surface area (Å²) in [6.07, 6.45) is 1.88. The van der Waals surface area contributed by atoms with Crippen molar-refractivity contribution >= 4 is 39.5 Å². The number of halogens is 2. The van der Waals surface area contributed by atoms with Gasteiger partial charge < -0.3 is 10.2 Å². The third-order valence-corrected chi connectivity index (χ3v) is 6.19. The van der Waals surface area contributed by atoms with Gasteiger partial charge in [-0.2, -0.15) is 0 Å². The number of rotatable bonds is 11. The molecule has 4 nitrogen and oxygen atoms in total. The summed E-state index contributed by atoms with van der Waals surface area (Å²) in [4.78, 5) is 27.1. The summed E-state index contributed by atoms with van der Waals surface area (Å²) in [6, 6.07) is 13.4. The maximum Gasteiger partial charge on any atom is 0.242 e. The third kappa shape index (κ3) is 8.11. The first-order valence-corrected chi connectivity index (χ1v) is 12.0. The number of nitrogens with zero attached hydrogens (tertiary/aromatic N) is 1. The molecule has 30 heavy (non-hydrogen) atoms. The summed E-state index contributed by atoms with van der Waals surface area (Å²) < 4.78 is 14.3. The molecule has 162 valence electrons. The average molecular weight is 495 g/mol. The third-order valence-electron chi connectivity index (χ3n) is 4.67. The van der Waals surface area contributed by atoms with Gasteiger partial charge >= 0.3 is 0 Å². The van der Waals surface area contributed by atoms with Gasteiger partial charge in [0.25, 0.3) is 0 Å². The average Bonchev–Trinajstić information content (AvgIpc) is 2.74. The Morgan fingerprint density at radius 1 is 1.10 bits per heavy atom. The number of carbonyl (C=O) groups is 2. The van der Waals surface area contributed by atoms with Crippen LogP contribution in [0.15, 0.2) is 53.0 Å². The van der Waals surface area contributed by atoms with Gasteiger partial charge in [-0.25, -0.2) is 4.39 Å². The monoisotopic (exact) mass is 494 g/mol. The molecule has 2 aromatic rings. The molecule has 0 saturated carbocycles. The van der Waals surface area contributed by atoms with Crippen molar-refractivity contribution in [3.63, 3.8) is 0 Å². The van der Waals surface area contributed by atoms with E-state index < -0.39 is 6.04 Å². The molecule has 1 N–H and O–H groups in total. The van der Waals surface area contributed by atoms with E-state index in [0.717, 1.165) is 28.4 Å². The summed E-state index contributed by atoms with van der Waals surface area (Å²) in [5.41, 5.74) is 1.92.